The van der Waals surface area contributed by atoms with Crippen LogP contribution >= 0.6 is 0 Å². The highest BCUT2D eigenvalue weighted by molar-refractivity contribution is 5.85. The molecule has 0 spiro atoms. The van der Waals surface area contributed by atoms with Crippen molar-refractivity contribution in [1.82, 2.24) is 15.5 Å². The van der Waals surface area contributed by atoms with Crippen molar-refractivity contribution in [3.63, 3.8) is 0 Å². The minimum Gasteiger partial charge on any atom is -0.347 e. The summed E-state index contributed by atoms with van der Waals surface area (Å²) in [7, 11) is 3.36. The van der Waals surface area contributed by atoms with Gasteiger partial charge in [-0.3, -0.25) is 9.59 Å². The zero-order valence-electron chi connectivity index (χ0n) is 17.3. The van der Waals surface area contributed by atoms with Crippen LogP contribution in [0, 0.1) is 5.92 Å². The molecule has 1 atom stereocenters. The van der Waals surface area contributed by atoms with Gasteiger partial charge in [0.25, 0.3) is 0 Å². The van der Waals surface area contributed by atoms with Crippen molar-refractivity contribution in [3.8, 4) is 0 Å². The highest BCUT2D eigenvalue weighted by Gasteiger charge is 2.19. The van der Waals surface area contributed by atoms with Crippen LogP contribution in [0.3, 0.4) is 0 Å². The maximum absolute atomic E-state index is 12.0. The van der Waals surface area contributed by atoms with Gasteiger partial charge < -0.3 is 15.5 Å². The van der Waals surface area contributed by atoms with Crippen molar-refractivity contribution in [3.05, 3.63) is 35.4 Å². The second-order valence-corrected chi connectivity index (χ2v) is 8.17. The summed E-state index contributed by atoms with van der Waals surface area (Å²) in [5, 5.41) is 6.02. The largest absolute Gasteiger partial charge is 0.347 e. The molecule has 2 N–H and O–H groups in total. The second-order valence-electron chi connectivity index (χ2n) is 8.17. The summed E-state index contributed by atoms with van der Waals surface area (Å²) in [6.07, 6.45) is 6.66. The molecule has 27 heavy (non-hydrogen) atoms. The van der Waals surface area contributed by atoms with Gasteiger partial charge >= 0.3 is 0 Å². The lowest BCUT2D eigenvalue weighted by Crippen LogP contribution is -2.41. The van der Waals surface area contributed by atoms with Gasteiger partial charge in [0.2, 0.25) is 11.8 Å². The van der Waals surface area contributed by atoms with E-state index in [9.17, 15) is 9.59 Å². The predicted octanol–water partition coefficient (Wildman–Crippen LogP) is 3.23. The highest BCUT2D eigenvalue weighted by atomic mass is 16.2. The molecule has 1 aliphatic rings. The molecular weight excluding hydrogens is 338 g/mol. The number of nitrogens with zero attached hydrogens (tertiary/aromatic N) is 1. The van der Waals surface area contributed by atoms with Crippen LogP contribution in [0.1, 0.15) is 69.0 Å². The number of hydrogen-bond acceptors (Lipinski definition) is 3. The lowest BCUT2D eigenvalue weighted by molar-refractivity contribution is -0.130. The lowest BCUT2D eigenvalue weighted by Gasteiger charge is -2.25. The molecule has 1 fully saturated rings. The molecule has 1 aromatic rings. The monoisotopic (exact) mass is 373 g/mol. The Morgan fingerprint density at radius 2 is 1.67 bits per heavy atom. The van der Waals surface area contributed by atoms with Crippen LogP contribution in [0.5, 0.6) is 0 Å². The first kappa shape index (κ1) is 21.4. The number of likely N-dealkylation sites (N-methyl/N-ethyl adjacent to an activating group) is 1. The van der Waals surface area contributed by atoms with Gasteiger partial charge in [-0.2, -0.15) is 0 Å². The van der Waals surface area contributed by atoms with Crippen molar-refractivity contribution >= 4 is 11.8 Å². The van der Waals surface area contributed by atoms with Gasteiger partial charge in [-0.15, -0.1) is 0 Å². The number of benzene rings is 1. The molecule has 0 saturated heterocycles. The Bertz CT molecular complexity index is 604. The summed E-state index contributed by atoms with van der Waals surface area (Å²) in [5.74, 6) is 0.803. The normalized spacial score (nSPS) is 16.2. The van der Waals surface area contributed by atoms with E-state index in [1.165, 1.54) is 48.1 Å². The van der Waals surface area contributed by atoms with Gasteiger partial charge in [0, 0.05) is 20.1 Å². The molecular formula is C22H35N3O2. The Morgan fingerprint density at radius 1 is 1.04 bits per heavy atom. The quantitative estimate of drug-likeness (QED) is 0.735. The second kappa shape index (κ2) is 10.5. The van der Waals surface area contributed by atoms with Gasteiger partial charge in [0.05, 0.1) is 13.1 Å². The zero-order valence-corrected chi connectivity index (χ0v) is 17.3. The summed E-state index contributed by atoms with van der Waals surface area (Å²) in [6, 6.07) is 9.04. The fourth-order valence-electron chi connectivity index (χ4n) is 3.75. The van der Waals surface area contributed by atoms with Gasteiger partial charge in [-0.05, 0) is 35.8 Å². The summed E-state index contributed by atoms with van der Waals surface area (Å²) in [6.45, 7) is 4.55. The Labute approximate surface area is 163 Å². The van der Waals surface area contributed by atoms with Crippen molar-refractivity contribution in [2.24, 2.45) is 5.92 Å². The number of carbonyl (C=O) groups is 2. The van der Waals surface area contributed by atoms with E-state index in [1.54, 1.807) is 14.1 Å². The number of rotatable bonds is 8. The van der Waals surface area contributed by atoms with Gasteiger partial charge in [-0.25, -0.2) is 0 Å². The third-order valence-corrected chi connectivity index (χ3v) is 5.46. The summed E-state index contributed by atoms with van der Waals surface area (Å²) < 4.78 is 0. The van der Waals surface area contributed by atoms with Crippen LogP contribution in [-0.4, -0.2) is 43.9 Å². The molecule has 1 saturated carbocycles. The van der Waals surface area contributed by atoms with E-state index < -0.39 is 0 Å². The average Bonchev–Trinajstić information content (AvgIpc) is 2.67. The third kappa shape index (κ3) is 6.65. The molecule has 0 heterocycles. The first-order chi connectivity index (χ1) is 12.9. The summed E-state index contributed by atoms with van der Waals surface area (Å²) in [4.78, 5) is 25.1. The van der Waals surface area contributed by atoms with Crippen molar-refractivity contribution in [2.45, 2.75) is 57.9 Å². The number of amides is 2. The molecule has 0 bridgehead atoms. The molecule has 5 nitrogen and oxygen atoms in total. The van der Waals surface area contributed by atoms with Crippen LogP contribution in [0.25, 0.3) is 0 Å². The fraction of sp³-hybridized carbons (Fsp3) is 0.636. The SMILES string of the molecule is CC(C)[C@H](NCC(=O)NCC(=O)N(C)C)c1ccc(C2CCCCC2)cc1. The standard InChI is InChI=1S/C22H35N3O2/c1-16(2)22(24-14-20(26)23-15-21(27)25(3)4)19-12-10-18(11-13-19)17-8-6-5-7-9-17/h10-13,16-17,22,24H,5-9,14-15H2,1-4H3,(H,23,26)/t22-/m0/s1. The molecule has 0 aliphatic heterocycles. The molecule has 0 aromatic heterocycles. The molecule has 2 rings (SSSR count). The topological polar surface area (TPSA) is 61.4 Å². The van der Waals surface area contributed by atoms with E-state index in [-0.39, 0.29) is 30.9 Å². The maximum atomic E-state index is 12.0. The maximum Gasteiger partial charge on any atom is 0.241 e. The van der Waals surface area contributed by atoms with E-state index in [0.717, 1.165) is 0 Å². The van der Waals surface area contributed by atoms with E-state index in [0.29, 0.717) is 11.8 Å². The molecule has 2 amide bonds. The minimum atomic E-state index is -0.158. The zero-order chi connectivity index (χ0) is 19.8. The summed E-state index contributed by atoms with van der Waals surface area (Å²) >= 11 is 0. The molecule has 0 unspecified atom stereocenters. The summed E-state index contributed by atoms with van der Waals surface area (Å²) in [5.41, 5.74) is 2.66. The third-order valence-electron chi connectivity index (χ3n) is 5.46. The molecule has 5 heteroatoms. The van der Waals surface area contributed by atoms with Crippen LogP contribution in [0.15, 0.2) is 24.3 Å². The van der Waals surface area contributed by atoms with Crippen molar-refractivity contribution in [1.29, 1.82) is 0 Å². The minimum absolute atomic E-state index is 0.0376. The number of carbonyl (C=O) groups excluding carboxylic acids is 2. The Hall–Kier alpha value is -1.88. The van der Waals surface area contributed by atoms with Gasteiger partial charge in [-0.1, -0.05) is 57.4 Å². The smallest absolute Gasteiger partial charge is 0.241 e. The predicted molar refractivity (Wildman–Crippen MR) is 110 cm³/mol. The molecule has 0 radical (unpaired) electrons. The van der Waals surface area contributed by atoms with Gasteiger partial charge in [0.15, 0.2) is 0 Å². The van der Waals surface area contributed by atoms with Crippen LogP contribution in [0.2, 0.25) is 0 Å². The molecule has 1 aromatic carbocycles. The van der Waals surface area contributed by atoms with E-state index in [2.05, 4.69) is 48.7 Å². The van der Waals surface area contributed by atoms with Crippen LogP contribution < -0.4 is 10.6 Å². The van der Waals surface area contributed by atoms with E-state index in [1.807, 2.05) is 0 Å². The molecule has 1 aliphatic carbocycles. The van der Waals surface area contributed by atoms with Crippen LogP contribution in [0.4, 0.5) is 0 Å². The Morgan fingerprint density at radius 3 is 2.22 bits per heavy atom. The number of hydrogen-bond donors (Lipinski definition) is 2. The highest BCUT2D eigenvalue weighted by Crippen LogP contribution is 2.33. The Balaban J connectivity index is 1.90. The average molecular weight is 374 g/mol. The van der Waals surface area contributed by atoms with Crippen molar-refractivity contribution < 1.29 is 9.59 Å². The first-order valence-electron chi connectivity index (χ1n) is 10.2. The fourth-order valence-corrected chi connectivity index (χ4v) is 3.75. The van der Waals surface area contributed by atoms with Crippen LogP contribution in [-0.2, 0) is 9.59 Å². The van der Waals surface area contributed by atoms with Gasteiger partial charge in [0.1, 0.15) is 0 Å². The van der Waals surface area contributed by atoms with E-state index in [4.69, 9.17) is 0 Å². The van der Waals surface area contributed by atoms with E-state index >= 15 is 0 Å². The molecule has 150 valence electrons. The number of nitrogens with one attached hydrogen (secondary N) is 2. The lowest BCUT2D eigenvalue weighted by atomic mass is 9.83. The van der Waals surface area contributed by atoms with Crippen molar-refractivity contribution in [2.75, 3.05) is 27.2 Å². The first-order valence-corrected chi connectivity index (χ1v) is 10.2. The Kier molecular flexibility index (Phi) is 8.29.